The molecule has 5 heteroatoms. The van der Waals surface area contributed by atoms with Gasteiger partial charge in [0.25, 0.3) is 0 Å². The molecule has 0 saturated heterocycles. The fraction of sp³-hybridized carbons (Fsp3) is 0. The number of primary amides is 1. The molecule has 0 aliphatic rings. The molecule has 0 spiro atoms. The summed E-state index contributed by atoms with van der Waals surface area (Å²) in [5.41, 5.74) is 7.15. The van der Waals surface area contributed by atoms with Crippen molar-refractivity contribution in [3.63, 3.8) is 0 Å². The van der Waals surface area contributed by atoms with Gasteiger partial charge in [0.15, 0.2) is 5.15 Å². The zero-order valence-electron chi connectivity index (χ0n) is 8.22. The van der Waals surface area contributed by atoms with Gasteiger partial charge in [0.05, 0.1) is 5.69 Å². The van der Waals surface area contributed by atoms with Gasteiger partial charge in [-0.1, -0.05) is 23.7 Å². The standard InChI is InChI=1S/C11H8ClN3O/c12-10-6-5-9(14-15-10)7-1-3-8(4-2-7)11(13)16/h1-6H,(H2,13,16). The number of hydrogen-bond donors (Lipinski definition) is 1. The van der Waals surface area contributed by atoms with Gasteiger partial charge >= 0.3 is 0 Å². The van der Waals surface area contributed by atoms with Gasteiger partial charge in [-0.2, -0.15) is 0 Å². The minimum Gasteiger partial charge on any atom is -0.366 e. The number of hydrogen-bond acceptors (Lipinski definition) is 3. The number of nitrogens with two attached hydrogens (primary N) is 1. The minimum absolute atomic E-state index is 0.345. The van der Waals surface area contributed by atoms with Crippen LogP contribution in [0.2, 0.25) is 5.15 Å². The summed E-state index contributed by atoms with van der Waals surface area (Å²) < 4.78 is 0. The number of aromatic nitrogens is 2. The van der Waals surface area contributed by atoms with E-state index in [0.717, 1.165) is 5.56 Å². The van der Waals surface area contributed by atoms with Gasteiger partial charge in [0, 0.05) is 11.1 Å². The Morgan fingerprint density at radius 1 is 1.06 bits per heavy atom. The molecule has 0 atom stereocenters. The molecule has 4 nitrogen and oxygen atoms in total. The van der Waals surface area contributed by atoms with E-state index in [1.807, 2.05) is 0 Å². The smallest absolute Gasteiger partial charge is 0.248 e. The van der Waals surface area contributed by atoms with Gasteiger partial charge in [-0.25, -0.2) is 0 Å². The molecule has 0 fully saturated rings. The van der Waals surface area contributed by atoms with Crippen molar-refractivity contribution in [2.45, 2.75) is 0 Å². The van der Waals surface area contributed by atoms with E-state index in [-0.39, 0.29) is 0 Å². The van der Waals surface area contributed by atoms with Crippen LogP contribution in [0, 0.1) is 0 Å². The lowest BCUT2D eigenvalue weighted by molar-refractivity contribution is 0.100. The molecule has 0 saturated carbocycles. The second-order valence-corrected chi connectivity index (χ2v) is 3.57. The molecule has 0 radical (unpaired) electrons. The Labute approximate surface area is 97.1 Å². The average Bonchev–Trinajstić information content (AvgIpc) is 2.30. The van der Waals surface area contributed by atoms with Gasteiger partial charge in [-0.05, 0) is 24.3 Å². The molecule has 16 heavy (non-hydrogen) atoms. The van der Waals surface area contributed by atoms with Crippen molar-refractivity contribution in [1.29, 1.82) is 0 Å². The van der Waals surface area contributed by atoms with Gasteiger partial charge in [0.1, 0.15) is 0 Å². The van der Waals surface area contributed by atoms with Crippen molar-refractivity contribution in [2.75, 3.05) is 0 Å². The first-order valence-corrected chi connectivity index (χ1v) is 4.94. The molecule has 1 heterocycles. The van der Waals surface area contributed by atoms with Crippen LogP contribution < -0.4 is 5.73 Å². The Morgan fingerprint density at radius 3 is 2.25 bits per heavy atom. The van der Waals surface area contributed by atoms with Gasteiger partial charge in [-0.15, -0.1) is 10.2 Å². The number of benzene rings is 1. The third-order valence-corrected chi connectivity index (χ3v) is 2.30. The van der Waals surface area contributed by atoms with Crippen LogP contribution in [0.1, 0.15) is 10.4 Å². The van der Waals surface area contributed by atoms with E-state index in [9.17, 15) is 4.79 Å². The largest absolute Gasteiger partial charge is 0.366 e. The maximum absolute atomic E-state index is 10.9. The molecule has 0 unspecified atom stereocenters. The number of nitrogens with zero attached hydrogens (tertiary/aromatic N) is 2. The van der Waals surface area contributed by atoms with E-state index in [0.29, 0.717) is 16.4 Å². The summed E-state index contributed by atoms with van der Waals surface area (Å²) in [6.07, 6.45) is 0. The third kappa shape index (κ3) is 2.17. The van der Waals surface area contributed by atoms with Crippen LogP contribution in [-0.2, 0) is 0 Å². The van der Waals surface area contributed by atoms with E-state index in [4.69, 9.17) is 17.3 Å². The van der Waals surface area contributed by atoms with E-state index in [1.54, 1.807) is 36.4 Å². The molecule has 1 amide bonds. The summed E-state index contributed by atoms with van der Waals surface area (Å²) >= 11 is 5.63. The zero-order valence-corrected chi connectivity index (χ0v) is 8.98. The Kier molecular flexibility index (Phi) is 2.83. The highest BCUT2D eigenvalue weighted by atomic mass is 35.5. The van der Waals surface area contributed by atoms with E-state index in [1.165, 1.54) is 0 Å². The quantitative estimate of drug-likeness (QED) is 0.861. The topological polar surface area (TPSA) is 68.9 Å². The van der Waals surface area contributed by atoms with Crippen molar-refractivity contribution in [2.24, 2.45) is 5.73 Å². The molecule has 0 aliphatic heterocycles. The lowest BCUT2D eigenvalue weighted by Gasteiger charge is -2.00. The van der Waals surface area contributed by atoms with E-state index >= 15 is 0 Å². The summed E-state index contributed by atoms with van der Waals surface area (Å²) in [4.78, 5) is 10.9. The predicted molar refractivity (Wildman–Crippen MR) is 61.0 cm³/mol. The Bertz CT molecular complexity index is 508. The molecule has 2 rings (SSSR count). The molecule has 0 bridgehead atoms. The van der Waals surface area contributed by atoms with Crippen molar-refractivity contribution >= 4 is 17.5 Å². The predicted octanol–water partition coefficient (Wildman–Crippen LogP) is 1.90. The molecular weight excluding hydrogens is 226 g/mol. The number of amides is 1. The summed E-state index contributed by atoms with van der Waals surface area (Å²) in [7, 11) is 0. The summed E-state index contributed by atoms with van der Waals surface area (Å²) in [6.45, 7) is 0. The van der Waals surface area contributed by atoms with E-state index < -0.39 is 5.91 Å². The highest BCUT2D eigenvalue weighted by molar-refractivity contribution is 6.29. The monoisotopic (exact) mass is 233 g/mol. The normalized spacial score (nSPS) is 10.1. The molecular formula is C11H8ClN3O. The van der Waals surface area contributed by atoms with E-state index in [2.05, 4.69) is 10.2 Å². The van der Waals surface area contributed by atoms with Gasteiger partial charge in [0.2, 0.25) is 5.91 Å². The van der Waals surface area contributed by atoms with Crippen LogP contribution in [0.5, 0.6) is 0 Å². The van der Waals surface area contributed by atoms with Gasteiger partial charge in [-0.3, -0.25) is 4.79 Å². The molecule has 0 aliphatic carbocycles. The number of carbonyl (C=O) groups excluding carboxylic acids is 1. The van der Waals surface area contributed by atoms with Crippen LogP contribution in [0.3, 0.4) is 0 Å². The zero-order chi connectivity index (χ0) is 11.5. The highest BCUT2D eigenvalue weighted by Gasteiger charge is 2.02. The lowest BCUT2D eigenvalue weighted by Crippen LogP contribution is -2.10. The molecule has 80 valence electrons. The molecule has 1 aromatic heterocycles. The molecule has 2 N–H and O–H groups in total. The van der Waals surface area contributed by atoms with Crippen molar-refractivity contribution in [3.8, 4) is 11.3 Å². The first-order chi connectivity index (χ1) is 7.66. The highest BCUT2D eigenvalue weighted by Crippen LogP contribution is 2.17. The summed E-state index contributed by atoms with van der Waals surface area (Å²) in [5, 5.41) is 8.01. The number of carbonyl (C=O) groups is 1. The van der Waals surface area contributed by atoms with Crippen molar-refractivity contribution in [3.05, 3.63) is 47.1 Å². The summed E-state index contributed by atoms with van der Waals surface area (Å²) in [5.74, 6) is -0.450. The van der Waals surface area contributed by atoms with Crippen LogP contribution in [0.15, 0.2) is 36.4 Å². The second kappa shape index (κ2) is 4.28. The van der Waals surface area contributed by atoms with Crippen molar-refractivity contribution < 1.29 is 4.79 Å². The van der Waals surface area contributed by atoms with Gasteiger partial charge < -0.3 is 5.73 Å². The Morgan fingerprint density at radius 2 is 1.75 bits per heavy atom. The maximum Gasteiger partial charge on any atom is 0.248 e. The Balaban J connectivity index is 2.34. The fourth-order valence-corrected chi connectivity index (χ4v) is 1.38. The number of halogens is 1. The third-order valence-electron chi connectivity index (χ3n) is 2.10. The minimum atomic E-state index is -0.450. The second-order valence-electron chi connectivity index (χ2n) is 3.18. The average molecular weight is 234 g/mol. The number of rotatable bonds is 2. The first-order valence-electron chi connectivity index (χ1n) is 4.56. The fourth-order valence-electron chi connectivity index (χ4n) is 1.28. The lowest BCUT2D eigenvalue weighted by atomic mass is 10.1. The SMILES string of the molecule is NC(=O)c1ccc(-c2ccc(Cl)nn2)cc1. The first kappa shape index (κ1) is 10.6. The van der Waals surface area contributed by atoms with Crippen LogP contribution in [-0.4, -0.2) is 16.1 Å². The summed E-state index contributed by atoms with van der Waals surface area (Å²) in [6, 6.07) is 10.2. The molecule has 1 aromatic carbocycles. The molecule has 2 aromatic rings. The van der Waals surface area contributed by atoms with Crippen molar-refractivity contribution in [1.82, 2.24) is 10.2 Å². The van der Waals surface area contributed by atoms with Crippen LogP contribution >= 0.6 is 11.6 Å². The van der Waals surface area contributed by atoms with Crippen LogP contribution in [0.25, 0.3) is 11.3 Å². The Hall–Kier alpha value is -1.94. The van der Waals surface area contributed by atoms with Crippen LogP contribution in [0.4, 0.5) is 0 Å². The maximum atomic E-state index is 10.9.